The van der Waals surface area contributed by atoms with Gasteiger partial charge in [-0.05, 0) is 43.3 Å². The molecule has 1 saturated heterocycles. The average Bonchev–Trinajstić information content (AvgIpc) is 2.49. The van der Waals surface area contributed by atoms with Gasteiger partial charge >= 0.3 is 0 Å². The first kappa shape index (κ1) is 18.2. The van der Waals surface area contributed by atoms with Gasteiger partial charge < -0.3 is 20.3 Å². The summed E-state index contributed by atoms with van der Waals surface area (Å²) in [4.78, 5) is 1.63. The van der Waals surface area contributed by atoms with Crippen LogP contribution in [0, 0.1) is 19.8 Å². The molecule has 0 aliphatic carbocycles. The standard InChI is InChI=1S/C18H29N3OS/c1-13(2)11-21-7-8-22-16(12-21)10-19-18(23)20-17-9-14(3)5-6-15(17)4/h5-6,9,13,16H,7-8,10-12H2,1-4H3,(H2,19,20,23)/p+1/t16-/m0/s1. The number of anilines is 1. The van der Waals surface area contributed by atoms with Crippen molar-refractivity contribution >= 4 is 23.0 Å². The van der Waals surface area contributed by atoms with Gasteiger partial charge in [0.1, 0.15) is 19.2 Å². The van der Waals surface area contributed by atoms with Gasteiger partial charge in [0.05, 0.1) is 13.2 Å². The van der Waals surface area contributed by atoms with Gasteiger partial charge in [0.15, 0.2) is 5.11 Å². The van der Waals surface area contributed by atoms with Crippen LogP contribution in [0.1, 0.15) is 25.0 Å². The van der Waals surface area contributed by atoms with Crippen LogP contribution in [-0.2, 0) is 4.74 Å². The van der Waals surface area contributed by atoms with Crippen LogP contribution in [0.2, 0.25) is 0 Å². The van der Waals surface area contributed by atoms with Crippen molar-refractivity contribution < 1.29 is 9.64 Å². The first-order chi connectivity index (χ1) is 10.9. The highest BCUT2D eigenvalue weighted by atomic mass is 32.1. The lowest BCUT2D eigenvalue weighted by Gasteiger charge is -2.31. The van der Waals surface area contributed by atoms with E-state index < -0.39 is 0 Å². The second-order valence-electron chi connectivity index (χ2n) is 6.95. The number of morpholine rings is 1. The molecule has 0 radical (unpaired) electrons. The second kappa shape index (κ2) is 8.62. The predicted octanol–water partition coefficient (Wildman–Crippen LogP) is 1.53. The van der Waals surface area contributed by atoms with Gasteiger partial charge in [0, 0.05) is 18.2 Å². The van der Waals surface area contributed by atoms with Crippen molar-refractivity contribution in [2.45, 2.75) is 33.8 Å². The van der Waals surface area contributed by atoms with E-state index in [-0.39, 0.29) is 6.10 Å². The highest BCUT2D eigenvalue weighted by Gasteiger charge is 2.24. The van der Waals surface area contributed by atoms with E-state index in [2.05, 4.69) is 56.5 Å². The van der Waals surface area contributed by atoms with Crippen LogP contribution in [0.25, 0.3) is 0 Å². The normalized spacial score (nSPS) is 21.3. The van der Waals surface area contributed by atoms with Crippen LogP contribution in [0.15, 0.2) is 18.2 Å². The van der Waals surface area contributed by atoms with Crippen molar-refractivity contribution in [2.24, 2.45) is 5.92 Å². The molecule has 0 aromatic heterocycles. The summed E-state index contributed by atoms with van der Waals surface area (Å²) in [6.45, 7) is 13.7. The van der Waals surface area contributed by atoms with E-state index in [1.54, 1.807) is 4.90 Å². The van der Waals surface area contributed by atoms with Crippen molar-refractivity contribution in [3.05, 3.63) is 29.3 Å². The van der Waals surface area contributed by atoms with E-state index in [9.17, 15) is 0 Å². The van der Waals surface area contributed by atoms with E-state index in [4.69, 9.17) is 17.0 Å². The Morgan fingerprint density at radius 3 is 2.91 bits per heavy atom. The lowest BCUT2D eigenvalue weighted by molar-refractivity contribution is -0.914. The van der Waals surface area contributed by atoms with E-state index in [1.165, 1.54) is 17.7 Å². The summed E-state index contributed by atoms with van der Waals surface area (Å²) in [5.74, 6) is 0.726. The quantitative estimate of drug-likeness (QED) is 0.713. The Morgan fingerprint density at radius 2 is 2.17 bits per heavy atom. The summed E-state index contributed by atoms with van der Waals surface area (Å²) in [6, 6.07) is 6.34. The number of nitrogens with one attached hydrogen (secondary N) is 3. The molecule has 1 aliphatic rings. The Hall–Kier alpha value is -1.17. The molecule has 1 aliphatic heterocycles. The van der Waals surface area contributed by atoms with Crippen LogP contribution >= 0.6 is 12.2 Å². The molecule has 4 nitrogen and oxygen atoms in total. The first-order valence-corrected chi connectivity index (χ1v) is 8.92. The van der Waals surface area contributed by atoms with E-state index >= 15 is 0 Å². The molecule has 1 fully saturated rings. The molecule has 2 rings (SSSR count). The van der Waals surface area contributed by atoms with E-state index in [0.29, 0.717) is 5.11 Å². The molecule has 0 saturated carbocycles. The molecule has 0 amide bonds. The van der Waals surface area contributed by atoms with Crippen molar-refractivity contribution in [1.29, 1.82) is 0 Å². The monoisotopic (exact) mass is 336 g/mol. The van der Waals surface area contributed by atoms with Crippen LogP contribution in [0.3, 0.4) is 0 Å². The molecule has 1 aromatic rings. The Bertz CT molecular complexity index is 533. The third-order valence-electron chi connectivity index (χ3n) is 4.15. The Kier molecular flexibility index (Phi) is 6.81. The maximum Gasteiger partial charge on any atom is 0.170 e. The van der Waals surface area contributed by atoms with Crippen LogP contribution in [0.5, 0.6) is 0 Å². The number of benzene rings is 1. The highest BCUT2D eigenvalue weighted by Crippen LogP contribution is 2.16. The highest BCUT2D eigenvalue weighted by molar-refractivity contribution is 7.80. The van der Waals surface area contributed by atoms with Crippen LogP contribution < -0.4 is 15.5 Å². The van der Waals surface area contributed by atoms with Gasteiger partial charge in [-0.3, -0.25) is 0 Å². The van der Waals surface area contributed by atoms with E-state index in [1.807, 2.05) is 0 Å². The average molecular weight is 337 g/mol. The van der Waals surface area contributed by atoms with Crippen molar-refractivity contribution in [3.63, 3.8) is 0 Å². The van der Waals surface area contributed by atoms with Gasteiger partial charge in [-0.25, -0.2) is 0 Å². The maximum atomic E-state index is 5.86. The first-order valence-electron chi connectivity index (χ1n) is 8.51. The lowest BCUT2D eigenvalue weighted by atomic mass is 10.1. The summed E-state index contributed by atoms with van der Waals surface area (Å²) >= 11 is 5.42. The number of thiocarbonyl (C=S) groups is 1. The molecule has 2 atom stereocenters. The largest absolute Gasteiger partial charge is 0.365 e. The molecule has 1 aromatic carbocycles. The third-order valence-corrected chi connectivity index (χ3v) is 4.40. The Balaban J connectivity index is 1.78. The molecule has 0 bridgehead atoms. The molecular weight excluding hydrogens is 306 g/mol. The number of ether oxygens (including phenoxy) is 1. The Labute approximate surface area is 145 Å². The van der Waals surface area contributed by atoms with Gasteiger partial charge in [0.2, 0.25) is 0 Å². The zero-order valence-electron chi connectivity index (χ0n) is 14.7. The topological polar surface area (TPSA) is 37.7 Å². The Morgan fingerprint density at radius 1 is 1.39 bits per heavy atom. The van der Waals surface area contributed by atoms with Gasteiger partial charge in [0.25, 0.3) is 0 Å². The number of hydrogen-bond acceptors (Lipinski definition) is 2. The van der Waals surface area contributed by atoms with Gasteiger partial charge in [-0.15, -0.1) is 0 Å². The predicted molar refractivity (Wildman–Crippen MR) is 100 cm³/mol. The number of hydrogen-bond donors (Lipinski definition) is 3. The molecule has 23 heavy (non-hydrogen) atoms. The summed E-state index contributed by atoms with van der Waals surface area (Å²) in [5.41, 5.74) is 3.49. The van der Waals surface area contributed by atoms with Crippen molar-refractivity contribution in [2.75, 3.05) is 38.1 Å². The lowest BCUT2D eigenvalue weighted by Crippen LogP contribution is -3.15. The molecule has 1 heterocycles. The molecule has 0 spiro atoms. The minimum atomic E-state index is 0.232. The molecular formula is C18H30N3OS+. The van der Waals surface area contributed by atoms with Crippen LogP contribution in [-0.4, -0.2) is 44.0 Å². The summed E-state index contributed by atoms with van der Waals surface area (Å²) < 4.78 is 5.86. The fraction of sp³-hybridized carbons (Fsp3) is 0.611. The van der Waals surface area contributed by atoms with Crippen molar-refractivity contribution in [3.8, 4) is 0 Å². The minimum Gasteiger partial charge on any atom is -0.365 e. The van der Waals surface area contributed by atoms with Gasteiger partial charge in [-0.2, -0.15) is 0 Å². The summed E-state index contributed by atoms with van der Waals surface area (Å²) in [6.07, 6.45) is 0.232. The fourth-order valence-electron chi connectivity index (χ4n) is 2.99. The molecule has 5 heteroatoms. The zero-order chi connectivity index (χ0) is 16.8. The molecule has 1 unspecified atom stereocenters. The SMILES string of the molecule is Cc1ccc(C)c(NC(=S)NC[C@H]2C[NH+](CC(C)C)CCO2)c1. The summed E-state index contributed by atoms with van der Waals surface area (Å²) in [7, 11) is 0. The minimum absolute atomic E-state index is 0.232. The van der Waals surface area contributed by atoms with E-state index in [0.717, 1.165) is 37.8 Å². The number of quaternary nitrogens is 1. The summed E-state index contributed by atoms with van der Waals surface area (Å²) in [5, 5.41) is 7.26. The fourth-order valence-corrected chi connectivity index (χ4v) is 3.18. The zero-order valence-corrected chi connectivity index (χ0v) is 15.6. The molecule has 3 N–H and O–H groups in total. The van der Waals surface area contributed by atoms with Crippen molar-refractivity contribution in [1.82, 2.24) is 5.32 Å². The van der Waals surface area contributed by atoms with Crippen LogP contribution in [0.4, 0.5) is 5.69 Å². The molecule has 128 valence electrons. The number of rotatable bonds is 5. The maximum absolute atomic E-state index is 5.86. The number of aryl methyl sites for hydroxylation is 2. The third kappa shape index (κ3) is 6.09. The van der Waals surface area contributed by atoms with Gasteiger partial charge in [-0.1, -0.05) is 26.0 Å². The smallest absolute Gasteiger partial charge is 0.170 e. The second-order valence-corrected chi connectivity index (χ2v) is 7.36.